The molecule has 0 saturated heterocycles. The first-order chi connectivity index (χ1) is 8.81. The highest BCUT2D eigenvalue weighted by molar-refractivity contribution is 5.99. The number of carbonyl (C=O) groups is 1. The fraction of sp³-hybridized carbons (Fsp3) is 0.143. The second-order valence-electron chi connectivity index (χ2n) is 3.84. The Morgan fingerprint density at radius 2 is 2.06 bits per heavy atom. The van der Waals surface area contributed by atoms with Crippen molar-refractivity contribution in [1.29, 1.82) is 0 Å². The molecular formula is C14H15N3O. The van der Waals surface area contributed by atoms with Gasteiger partial charge < -0.3 is 10.6 Å². The first-order valence-corrected chi connectivity index (χ1v) is 5.75. The van der Waals surface area contributed by atoms with Gasteiger partial charge in [0.2, 0.25) is 0 Å². The lowest BCUT2D eigenvalue weighted by atomic mass is 10.1. The van der Waals surface area contributed by atoms with Crippen molar-refractivity contribution in [2.45, 2.75) is 6.54 Å². The Bertz CT molecular complexity index is 526. The number of benzene rings is 1. The molecule has 0 unspecified atom stereocenters. The van der Waals surface area contributed by atoms with E-state index in [0.29, 0.717) is 12.1 Å². The van der Waals surface area contributed by atoms with Crippen LogP contribution in [0.3, 0.4) is 0 Å². The van der Waals surface area contributed by atoms with Crippen LogP contribution < -0.4 is 10.6 Å². The molecule has 0 aliphatic carbocycles. The number of para-hydroxylation sites is 1. The Labute approximate surface area is 106 Å². The highest BCUT2D eigenvalue weighted by atomic mass is 16.1. The van der Waals surface area contributed by atoms with Crippen LogP contribution in [0, 0.1) is 0 Å². The van der Waals surface area contributed by atoms with Gasteiger partial charge in [-0.2, -0.15) is 0 Å². The molecular weight excluding hydrogens is 226 g/mol. The average Bonchev–Trinajstić information content (AvgIpc) is 2.45. The molecule has 0 aliphatic heterocycles. The zero-order valence-electron chi connectivity index (χ0n) is 10.2. The Balaban J connectivity index is 2.04. The Kier molecular flexibility index (Phi) is 3.91. The van der Waals surface area contributed by atoms with Crippen molar-refractivity contribution in [3.8, 4) is 0 Å². The Morgan fingerprint density at radius 3 is 2.78 bits per heavy atom. The smallest absolute Gasteiger partial charge is 0.253 e. The molecule has 1 amide bonds. The maximum atomic E-state index is 12.0. The number of amides is 1. The Morgan fingerprint density at radius 1 is 1.22 bits per heavy atom. The quantitative estimate of drug-likeness (QED) is 0.861. The third kappa shape index (κ3) is 2.85. The van der Waals surface area contributed by atoms with Gasteiger partial charge in [-0.05, 0) is 23.8 Å². The number of hydrogen-bond acceptors (Lipinski definition) is 3. The summed E-state index contributed by atoms with van der Waals surface area (Å²) in [6.45, 7) is 0.477. The molecule has 2 rings (SSSR count). The van der Waals surface area contributed by atoms with Gasteiger partial charge in [-0.1, -0.05) is 18.2 Å². The van der Waals surface area contributed by atoms with E-state index in [9.17, 15) is 4.79 Å². The van der Waals surface area contributed by atoms with Crippen LogP contribution in [0.15, 0.2) is 48.8 Å². The van der Waals surface area contributed by atoms with Crippen LogP contribution in [0.25, 0.3) is 0 Å². The van der Waals surface area contributed by atoms with Gasteiger partial charge in [-0.25, -0.2) is 0 Å². The van der Waals surface area contributed by atoms with Crippen molar-refractivity contribution in [1.82, 2.24) is 10.3 Å². The SMILES string of the molecule is CNc1ccccc1C(=O)NCc1cccnc1. The van der Waals surface area contributed by atoms with E-state index in [2.05, 4.69) is 15.6 Å². The van der Waals surface area contributed by atoms with Gasteiger partial charge in [0.25, 0.3) is 5.91 Å². The van der Waals surface area contributed by atoms with Crippen LogP contribution in [0.4, 0.5) is 5.69 Å². The van der Waals surface area contributed by atoms with E-state index in [4.69, 9.17) is 0 Å². The third-order valence-corrected chi connectivity index (χ3v) is 2.62. The van der Waals surface area contributed by atoms with Gasteiger partial charge in [-0.3, -0.25) is 9.78 Å². The number of hydrogen-bond donors (Lipinski definition) is 2. The lowest BCUT2D eigenvalue weighted by Gasteiger charge is -2.09. The molecule has 0 atom stereocenters. The van der Waals surface area contributed by atoms with Crippen LogP contribution in [0.2, 0.25) is 0 Å². The molecule has 1 aromatic carbocycles. The van der Waals surface area contributed by atoms with Gasteiger partial charge in [0.1, 0.15) is 0 Å². The second-order valence-corrected chi connectivity index (χ2v) is 3.84. The van der Waals surface area contributed by atoms with E-state index in [0.717, 1.165) is 11.3 Å². The number of pyridine rings is 1. The number of anilines is 1. The molecule has 2 N–H and O–H groups in total. The first-order valence-electron chi connectivity index (χ1n) is 5.75. The summed E-state index contributed by atoms with van der Waals surface area (Å²) >= 11 is 0. The van der Waals surface area contributed by atoms with Gasteiger partial charge >= 0.3 is 0 Å². The summed E-state index contributed by atoms with van der Waals surface area (Å²) in [7, 11) is 1.80. The molecule has 4 heteroatoms. The lowest BCUT2D eigenvalue weighted by Crippen LogP contribution is -2.23. The maximum Gasteiger partial charge on any atom is 0.253 e. The van der Waals surface area contributed by atoms with E-state index < -0.39 is 0 Å². The van der Waals surface area contributed by atoms with Crippen molar-refractivity contribution in [3.63, 3.8) is 0 Å². The zero-order valence-corrected chi connectivity index (χ0v) is 10.2. The highest BCUT2D eigenvalue weighted by Crippen LogP contribution is 2.13. The molecule has 1 aromatic heterocycles. The predicted octanol–water partition coefficient (Wildman–Crippen LogP) is 2.05. The number of carbonyl (C=O) groups excluding carboxylic acids is 1. The summed E-state index contributed by atoms with van der Waals surface area (Å²) in [5, 5.41) is 5.87. The number of nitrogens with one attached hydrogen (secondary N) is 2. The minimum Gasteiger partial charge on any atom is -0.387 e. The minimum atomic E-state index is -0.0937. The van der Waals surface area contributed by atoms with Crippen LogP contribution in [-0.4, -0.2) is 17.9 Å². The second kappa shape index (κ2) is 5.82. The minimum absolute atomic E-state index is 0.0937. The summed E-state index contributed by atoms with van der Waals surface area (Å²) in [4.78, 5) is 16.0. The van der Waals surface area contributed by atoms with Crippen LogP contribution in [0.1, 0.15) is 15.9 Å². The highest BCUT2D eigenvalue weighted by Gasteiger charge is 2.09. The molecule has 0 bridgehead atoms. The predicted molar refractivity (Wildman–Crippen MR) is 71.4 cm³/mol. The van der Waals surface area contributed by atoms with Gasteiger partial charge in [-0.15, -0.1) is 0 Å². The fourth-order valence-corrected chi connectivity index (χ4v) is 1.68. The average molecular weight is 241 g/mol. The van der Waals surface area contributed by atoms with Gasteiger partial charge in [0.15, 0.2) is 0 Å². The Hall–Kier alpha value is -2.36. The molecule has 4 nitrogen and oxygen atoms in total. The molecule has 0 saturated carbocycles. The molecule has 0 radical (unpaired) electrons. The van der Waals surface area contributed by atoms with Crippen molar-refractivity contribution < 1.29 is 4.79 Å². The fourth-order valence-electron chi connectivity index (χ4n) is 1.68. The van der Waals surface area contributed by atoms with Crippen LogP contribution in [0.5, 0.6) is 0 Å². The van der Waals surface area contributed by atoms with Gasteiger partial charge in [0, 0.05) is 31.7 Å². The standard InChI is InChI=1S/C14H15N3O/c1-15-13-7-3-2-6-12(13)14(18)17-10-11-5-4-8-16-9-11/h2-9,15H,10H2,1H3,(H,17,18). The topological polar surface area (TPSA) is 54.0 Å². The summed E-state index contributed by atoms with van der Waals surface area (Å²) in [6.07, 6.45) is 3.45. The first kappa shape index (κ1) is 12.1. The van der Waals surface area contributed by atoms with Crippen molar-refractivity contribution in [2.24, 2.45) is 0 Å². The molecule has 92 valence electrons. The summed E-state index contributed by atoms with van der Waals surface area (Å²) in [6, 6.07) is 11.2. The number of rotatable bonds is 4. The molecule has 0 aliphatic rings. The molecule has 1 heterocycles. The normalized spacial score (nSPS) is 9.83. The monoisotopic (exact) mass is 241 g/mol. The molecule has 2 aromatic rings. The molecule has 0 fully saturated rings. The van der Waals surface area contributed by atoms with Crippen LogP contribution >= 0.6 is 0 Å². The summed E-state index contributed by atoms with van der Waals surface area (Å²) < 4.78 is 0. The van der Waals surface area contributed by atoms with Crippen LogP contribution in [-0.2, 0) is 6.54 Å². The zero-order chi connectivity index (χ0) is 12.8. The lowest BCUT2D eigenvalue weighted by molar-refractivity contribution is 0.0951. The van der Waals surface area contributed by atoms with E-state index in [1.165, 1.54) is 0 Å². The van der Waals surface area contributed by atoms with E-state index in [-0.39, 0.29) is 5.91 Å². The largest absolute Gasteiger partial charge is 0.387 e. The van der Waals surface area contributed by atoms with Crippen molar-refractivity contribution >= 4 is 11.6 Å². The maximum absolute atomic E-state index is 12.0. The van der Waals surface area contributed by atoms with Gasteiger partial charge in [0.05, 0.1) is 5.56 Å². The summed E-state index contributed by atoms with van der Waals surface area (Å²) in [5.41, 5.74) is 2.44. The van der Waals surface area contributed by atoms with Crippen molar-refractivity contribution in [3.05, 3.63) is 59.9 Å². The third-order valence-electron chi connectivity index (χ3n) is 2.62. The number of nitrogens with zero attached hydrogens (tertiary/aromatic N) is 1. The van der Waals surface area contributed by atoms with E-state index in [1.54, 1.807) is 25.5 Å². The molecule has 0 spiro atoms. The summed E-state index contributed by atoms with van der Waals surface area (Å²) in [5.74, 6) is -0.0937. The van der Waals surface area contributed by atoms with Crippen molar-refractivity contribution in [2.75, 3.05) is 12.4 Å². The van der Waals surface area contributed by atoms with E-state index >= 15 is 0 Å². The number of aromatic nitrogens is 1. The van der Waals surface area contributed by atoms with E-state index in [1.807, 2.05) is 30.3 Å². The molecule has 18 heavy (non-hydrogen) atoms.